The summed E-state index contributed by atoms with van der Waals surface area (Å²) in [7, 11) is 0. The highest BCUT2D eigenvalue weighted by molar-refractivity contribution is 9.10. The lowest BCUT2D eigenvalue weighted by Crippen LogP contribution is -2.20. The zero-order valence-corrected chi connectivity index (χ0v) is 17.4. The lowest BCUT2D eigenvalue weighted by atomic mass is 10.2. The number of para-hydroxylation sites is 3. The molecule has 3 aromatic carbocycles. The van der Waals surface area contributed by atoms with Crippen molar-refractivity contribution in [2.75, 3.05) is 0 Å². The number of aromatic amines is 1. The summed E-state index contributed by atoms with van der Waals surface area (Å²) in [4.78, 5) is 22.8. The summed E-state index contributed by atoms with van der Waals surface area (Å²) in [6.07, 6.45) is 1.27. The molecule has 0 unspecified atom stereocenters. The van der Waals surface area contributed by atoms with Crippen molar-refractivity contribution < 1.29 is 10.0 Å². The molecular formula is C21H15BrN6O3. The van der Waals surface area contributed by atoms with E-state index in [4.69, 9.17) is 0 Å². The number of imidazole rings is 1. The molecule has 31 heavy (non-hydrogen) atoms. The predicted octanol–water partition coefficient (Wildman–Crippen LogP) is 4.64. The number of rotatable bonds is 5. The summed E-state index contributed by atoms with van der Waals surface area (Å²) in [5, 5.41) is 25.4. The molecule has 4 aromatic rings. The highest BCUT2D eigenvalue weighted by Gasteiger charge is 2.14. The first-order valence-electron chi connectivity index (χ1n) is 9.06. The fraction of sp³-hybridized carbons (Fsp3) is 0. The third-order valence-electron chi connectivity index (χ3n) is 4.27. The monoisotopic (exact) mass is 478 g/mol. The summed E-state index contributed by atoms with van der Waals surface area (Å²) < 4.78 is 0.193. The lowest BCUT2D eigenvalue weighted by molar-refractivity contribution is -0.385. The molecular weight excluding hydrogens is 464 g/mol. The normalized spacial score (nSPS) is 11.8. The van der Waals surface area contributed by atoms with E-state index in [0.29, 0.717) is 17.3 Å². The molecule has 3 N–H and O–H groups in total. The predicted molar refractivity (Wildman–Crippen MR) is 122 cm³/mol. The van der Waals surface area contributed by atoms with Gasteiger partial charge in [-0.1, -0.05) is 30.3 Å². The van der Waals surface area contributed by atoms with Crippen LogP contribution in [0.1, 0.15) is 11.4 Å². The Hall–Kier alpha value is -4.05. The van der Waals surface area contributed by atoms with Crippen LogP contribution in [0.25, 0.3) is 11.0 Å². The number of nitrogens with one attached hydrogen (secondary N) is 2. The van der Waals surface area contributed by atoms with E-state index in [2.05, 4.69) is 41.4 Å². The molecule has 0 aliphatic heterocycles. The number of aromatic hydroxyl groups is 1. The van der Waals surface area contributed by atoms with Crippen molar-refractivity contribution in [3.63, 3.8) is 0 Å². The second kappa shape index (κ2) is 8.76. The Morgan fingerprint density at radius 3 is 2.65 bits per heavy atom. The number of hydrogen-bond acceptors (Lipinski definition) is 6. The number of non-ortho nitro benzene ring substituents is 1. The minimum atomic E-state index is -0.550. The molecule has 10 heteroatoms. The third kappa shape index (κ3) is 4.59. The van der Waals surface area contributed by atoms with E-state index < -0.39 is 4.92 Å². The van der Waals surface area contributed by atoms with Crippen molar-refractivity contribution in [2.45, 2.75) is 0 Å². The molecule has 1 aromatic heterocycles. The number of H-pyrrole nitrogens is 1. The van der Waals surface area contributed by atoms with Gasteiger partial charge in [0.2, 0.25) is 0 Å². The molecule has 4 rings (SSSR count). The molecule has 0 atom stereocenters. The fourth-order valence-electron chi connectivity index (χ4n) is 2.80. The largest absolute Gasteiger partial charge is 0.506 e. The number of halogens is 1. The van der Waals surface area contributed by atoms with Crippen LogP contribution < -0.4 is 5.43 Å². The fourth-order valence-corrected chi connectivity index (χ4v) is 3.26. The zero-order chi connectivity index (χ0) is 21.8. The molecule has 0 amide bonds. The number of hydrazone groups is 1. The van der Waals surface area contributed by atoms with E-state index >= 15 is 0 Å². The quantitative estimate of drug-likeness (QED) is 0.166. The Labute approximate surface area is 184 Å². The van der Waals surface area contributed by atoms with Gasteiger partial charge < -0.3 is 10.1 Å². The Balaban J connectivity index is 1.69. The van der Waals surface area contributed by atoms with Crippen LogP contribution in [-0.2, 0) is 0 Å². The minimum Gasteiger partial charge on any atom is -0.506 e. The summed E-state index contributed by atoms with van der Waals surface area (Å²) in [5.74, 6) is 0.635. The van der Waals surface area contributed by atoms with E-state index in [0.717, 1.165) is 11.0 Å². The smallest absolute Gasteiger partial charge is 0.271 e. The van der Waals surface area contributed by atoms with Crippen molar-refractivity contribution in [3.8, 4) is 5.75 Å². The van der Waals surface area contributed by atoms with E-state index in [1.165, 1.54) is 18.3 Å². The Bertz CT molecular complexity index is 1280. The van der Waals surface area contributed by atoms with E-state index in [-0.39, 0.29) is 21.5 Å². The van der Waals surface area contributed by atoms with Crippen LogP contribution in [-0.4, -0.2) is 32.0 Å². The lowest BCUT2D eigenvalue weighted by Gasteiger charge is -2.04. The molecule has 0 radical (unpaired) electrons. The van der Waals surface area contributed by atoms with Crippen LogP contribution in [0.2, 0.25) is 0 Å². The molecule has 1 heterocycles. The van der Waals surface area contributed by atoms with Crippen LogP contribution in [0, 0.1) is 10.1 Å². The molecule has 0 saturated heterocycles. The first-order valence-corrected chi connectivity index (χ1v) is 9.85. The average molecular weight is 479 g/mol. The standard InChI is InChI=1S/C21H15BrN6O3/c22-16-11-15(28(30)31)10-13(19(16)29)12-23-27-21(24-14-6-2-1-3-7-14)20-25-17-8-4-5-9-18(17)26-20/h1-12,29H,(H,24,27)(H,25,26). The highest BCUT2D eigenvalue weighted by Crippen LogP contribution is 2.31. The maximum Gasteiger partial charge on any atom is 0.271 e. The first-order chi connectivity index (χ1) is 15.0. The number of aliphatic imine (C=N–C) groups is 1. The van der Waals surface area contributed by atoms with Gasteiger partial charge >= 0.3 is 0 Å². The second-order valence-electron chi connectivity index (χ2n) is 6.39. The van der Waals surface area contributed by atoms with Gasteiger partial charge in [0.25, 0.3) is 5.69 Å². The molecule has 0 fully saturated rings. The molecule has 0 aliphatic rings. The van der Waals surface area contributed by atoms with Crippen LogP contribution in [0.3, 0.4) is 0 Å². The van der Waals surface area contributed by atoms with Gasteiger partial charge in [0.05, 0.1) is 32.3 Å². The van der Waals surface area contributed by atoms with Gasteiger partial charge in [-0.15, -0.1) is 0 Å². The number of nitro groups is 1. The van der Waals surface area contributed by atoms with Crippen LogP contribution in [0.5, 0.6) is 5.75 Å². The number of fused-ring (bicyclic) bond motifs is 1. The van der Waals surface area contributed by atoms with Crippen molar-refractivity contribution >= 4 is 50.4 Å². The number of aromatic nitrogens is 2. The Kier molecular flexibility index (Phi) is 5.72. The number of phenolic OH excluding ortho intramolecular Hbond substituents is 1. The van der Waals surface area contributed by atoms with Crippen molar-refractivity contribution in [1.82, 2.24) is 15.4 Å². The van der Waals surface area contributed by atoms with Crippen LogP contribution in [0.15, 0.2) is 81.3 Å². The van der Waals surface area contributed by atoms with Gasteiger partial charge in [-0.25, -0.2) is 9.98 Å². The van der Waals surface area contributed by atoms with E-state index in [9.17, 15) is 15.2 Å². The maximum atomic E-state index is 11.1. The topological polar surface area (TPSA) is 129 Å². The van der Waals surface area contributed by atoms with Crippen LogP contribution >= 0.6 is 15.9 Å². The van der Waals surface area contributed by atoms with Gasteiger partial charge in [0.15, 0.2) is 11.7 Å². The van der Waals surface area contributed by atoms with E-state index in [1.807, 2.05) is 54.6 Å². The molecule has 0 spiro atoms. The van der Waals surface area contributed by atoms with E-state index in [1.54, 1.807) is 0 Å². The second-order valence-corrected chi connectivity index (χ2v) is 7.25. The first kappa shape index (κ1) is 20.2. The van der Waals surface area contributed by atoms with Gasteiger partial charge in [0, 0.05) is 17.7 Å². The summed E-state index contributed by atoms with van der Waals surface area (Å²) in [6, 6.07) is 19.3. The molecule has 9 nitrogen and oxygen atoms in total. The summed E-state index contributed by atoms with van der Waals surface area (Å²) in [5.41, 5.74) is 5.09. The maximum absolute atomic E-state index is 11.1. The van der Waals surface area contributed by atoms with Gasteiger partial charge in [-0.05, 0) is 40.2 Å². The molecule has 154 valence electrons. The molecule has 0 aliphatic carbocycles. The van der Waals surface area contributed by atoms with Crippen molar-refractivity contribution in [3.05, 3.63) is 92.7 Å². The molecule has 0 saturated carbocycles. The van der Waals surface area contributed by atoms with Gasteiger partial charge in [-0.3, -0.25) is 15.5 Å². The number of nitrogens with zero attached hydrogens (tertiary/aromatic N) is 4. The van der Waals surface area contributed by atoms with Gasteiger partial charge in [0.1, 0.15) is 5.75 Å². The number of amidine groups is 1. The Morgan fingerprint density at radius 2 is 1.90 bits per heavy atom. The number of hydrogen-bond donors (Lipinski definition) is 3. The summed E-state index contributed by atoms with van der Waals surface area (Å²) in [6.45, 7) is 0. The Morgan fingerprint density at radius 1 is 1.16 bits per heavy atom. The SMILES string of the molecule is O=[N+]([O-])c1cc(Br)c(O)c(C=NNC(=Nc2ccccc2)c2nc3ccccc3[nH]2)c1. The van der Waals surface area contributed by atoms with Gasteiger partial charge in [-0.2, -0.15) is 5.10 Å². The number of phenols is 1. The number of nitro benzene ring substituents is 1. The zero-order valence-electron chi connectivity index (χ0n) is 15.9. The van der Waals surface area contributed by atoms with Crippen molar-refractivity contribution in [2.24, 2.45) is 10.1 Å². The highest BCUT2D eigenvalue weighted by atomic mass is 79.9. The summed E-state index contributed by atoms with van der Waals surface area (Å²) >= 11 is 3.11. The van der Waals surface area contributed by atoms with Crippen molar-refractivity contribution in [1.29, 1.82) is 0 Å². The minimum absolute atomic E-state index is 0.164. The third-order valence-corrected chi connectivity index (χ3v) is 4.88. The number of benzene rings is 3. The average Bonchev–Trinajstić information content (AvgIpc) is 3.20. The van der Waals surface area contributed by atoms with Crippen LogP contribution in [0.4, 0.5) is 11.4 Å². The molecule has 0 bridgehead atoms.